The quantitative estimate of drug-likeness (QED) is 0.772. The van der Waals surface area contributed by atoms with E-state index in [2.05, 4.69) is 46.7 Å². The molecule has 0 spiro atoms. The molecule has 1 aromatic heterocycles. The van der Waals surface area contributed by atoms with Crippen molar-refractivity contribution in [2.45, 2.75) is 12.5 Å². The minimum atomic E-state index is 0.227. The van der Waals surface area contributed by atoms with Crippen molar-refractivity contribution in [2.75, 3.05) is 7.05 Å². The van der Waals surface area contributed by atoms with Crippen molar-refractivity contribution in [3.63, 3.8) is 0 Å². The van der Waals surface area contributed by atoms with Gasteiger partial charge in [0, 0.05) is 22.6 Å². The number of nitrogens with one attached hydrogen (secondary N) is 1. The Morgan fingerprint density at radius 1 is 1.05 bits per heavy atom. The molecule has 3 rings (SSSR count). The Balaban J connectivity index is 1.96. The predicted molar refractivity (Wildman–Crippen MR) is 88.7 cm³/mol. The van der Waals surface area contributed by atoms with Crippen LogP contribution in [0.3, 0.4) is 0 Å². The number of benzene rings is 2. The zero-order chi connectivity index (χ0) is 14.7. The number of aromatic nitrogens is 1. The van der Waals surface area contributed by atoms with E-state index in [1.54, 1.807) is 0 Å². The van der Waals surface area contributed by atoms with Crippen LogP contribution in [-0.4, -0.2) is 12.0 Å². The van der Waals surface area contributed by atoms with Crippen molar-refractivity contribution in [1.82, 2.24) is 10.3 Å². The van der Waals surface area contributed by atoms with E-state index in [1.165, 1.54) is 16.5 Å². The van der Waals surface area contributed by atoms with Crippen LogP contribution in [0, 0.1) is 0 Å². The van der Waals surface area contributed by atoms with Crippen LogP contribution in [0.4, 0.5) is 0 Å². The fraction of sp³-hybridized carbons (Fsp3) is 0.167. The second kappa shape index (κ2) is 6.25. The highest BCUT2D eigenvalue weighted by Crippen LogP contribution is 2.25. The third kappa shape index (κ3) is 3.07. The summed E-state index contributed by atoms with van der Waals surface area (Å²) in [7, 11) is 1.99. The van der Waals surface area contributed by atoms with Crippen molar-refractivity contribution in [3.05, 3.63) is 76.9 Å². The molecule has 1 unspecified atom stereocenters. The maximum absolute atomic E-state index is 5.95. The van der Waals surface area contributed by atoms with Gasteiger partial charge in [0.05, 0.1) is 5.52 Å². The number of halogens is 1. The molecule has 106 valence electrons. The number of hydrogen-bond donors (Lipinski definition) is 1. The second-order valence-corrected chi connectivity index (χ2v) is 5.53. The first-order valence-corrected chi connectivity index (χ1v) is 7.41. The fourth-order valence-corrected chi connectivity index (χ4v) is 2.76. The van der Waals surface area contributed by atoms with Crippen LogP contribution in [-0.2, 0) is 6.42 Å². The number of hydrogen-bond acceptors (Lipinski definition) is 2. The molecule has 0 fully saturated rings. The summed E-state index contributed by atoms with van der Waals surface area (Å²) in [6.45, 7) is 0. The molecule has 0 bridgehead atoms. The third-order valence-electron chi connectivity index (χ3n) is 3.74. The van der Waals surface area contributed by atoms with Gasteiger partial charge in [-0.1, -0.05) is 48.0 Å². The Kier molecular flexibility index (Phi) is 4.18. The molecule has 0 amide bonds. The highest BCUT2D eigenvalue weighted by atomic mass is 35.5. The highest BCUT2D eigenvalue weighted by Gasteiger charge is 2.13. The summed E-state index contributed by atoms with van der Waals surface area (Å²) in [6.07, 6.45) is 2.75. The van der Waals surface area contributed by atoms with Crippen LogP contribution in [0.5, 0.6) is 0 Å². The zero-order valence-electron chi connectivity index (χ0n) is 11.9. The molecule has 21 heavy (non-hydrogen) atoms. The molecule has 2 nitrogen and oxygen atoms in total. The van der Waals surface area contributed by atoms with Crippen molar-refractivity contribution in [2.24, 2.45) is 0 Å². The molecular weight excluding hydrogens is 280 g/mol. The van der Waals surface area contributed by atoms with E-state index in [0.29, 0.717) is 0 Å². The number of pyridine rings is 1. The molecule has 0 aliphatic carbocycles. The summed E-state index contributed by atoms with van der Waals surface area (Å²) in [5.41, 5.74) is 3.55. The highest BCUT2D eigenvalue weighted by molar-refractivity contribution is 6.30. The van der Waals surface area contributed by atoms with Crippen LogP contribution < -0.4 is 5.32 Å². The molecular formula is C18H17ClN2. The van der Waals surface area contributed by atoms with Gasteiger partial charge < -0.3 is 5.32 Å². The monoisotopic (exact) mass is 296 g/mol. The summed E-state index contributed by atoms with van der Waals surface area (Å²) in [5.74, 6) is 0. The lowest BCUT2D eigenvalue weighted by Crippen LogP contribution is -2.19. The molecule has 0 saturated heterocycles. The van der Waals surface area contributed by atoms with Gasteiger partial charge >= 0.3 is 0 Å². The van der Waals surface area contributed by atoms with Gasteiger partial charge in [0.25, 0.3) is 0 Å². The molecule has 0 aliphatic heterocycles. The van der Waals surface area contributed by atoms with Crippen LogP contribution >= 0.6 is 11.6 Å². The SMILES string of the molecule is CNC(Cc1ccc(Cl)cc1)c1cccc2cccnc12. The smallest absolute Gasteiger partial charge is 0.0749 e. The summed E-state index contributed by atoms with van der Waals surface area (Å²) in [5, 5.41) is 5.34. The van der Waals surface area contributed by atoms with Crippen molar-refractivity contribution >= 4 is 22.5 Å². The predicted octanol–water partition coefficient (Wildman–Crippen LogP) is 4.39. The van der Waals surface area contributed by atoms with Gasteiger partial charge in [-0.25, -0.2) is 0 Å². The Labute approximate surface area is 129 Å². The van der Waals surface area contributed by atoms with E-state index in [9.17, 15) is 0 Å². The van der Waals surface area contributed by atoms with Gasteiger partial charge in [0.2, 0.25) is 0 Å². The number of fused-ring (bicyclic) bond motifs is 1. The van der Waals surface area contributed by atoms with E-state index >= 15 is 0 Å². The zero-order valence-corrected chi connectivity index (χ0v) is 12.6. The average molecular weight is 297 g/mol. The largest absolute Gasteiger partial charge is 0.313 e. The van der Waals surface area contributed by atoms with E-state index < -0.39 is 0 Å². The maximum Gasteiger partial charge on any atom is 0.0749 e. The molecule has 3 heteroatoms. The molecule has 3 aromatic rings. The van der Waals surface area contributed by atoms with E-state index in [4.69, 9.17) is 11.6 Å². The van der Waals surface area contributed by atoms with Crippen LogP contribution in [0.15, 0.2) is 60.8 Å². The maximum atomic E-state index is 5.95. The van der Waals surface area contributed by atoms with Gasteiger partial charge in [-0.05, 0) is 42.8 Å². The summed E-state index contributed by atoms with van der Waals surface area (Å²) < 4.78 is 0. The minimum absolute atomic E-state index is 0.227. The van der Waals surface area contributed by atoms with Gasteiger partial charge in [0.15, 0.2) is 0 Å². The van der Waals surface area contributed by atoms with Crippen LogP contribution in [0.1, 0.15) is 17.2 Å². The second-order valence-electron chi connectivity index (χ2n) is 5.09. The van der Waals surface area contributed by atoms with E-state index in [0.717, 1.165) is 17.0 Å². The average Bonchev–Trinajstić information content (AvgIpc) is 2.54. The first-order valence-electron chi connectivity index (χ1n) is 7.03. The molecule has 0 saturated carbocycles. The summed E-state index contributed by atoms with van der Waals surface area (Å²) in [4.78, 5) is 4.54. The Morgan fingerprint density at radius 3 is 2.57 bits per heavy atom. The van der Waals surface area contributed by atoms with Crippen LogP contribution in [0.2, 0.25) is 5.02 Å². The lowest BCUT2D eigenvalue weighted by atomic mass is 9.97. The minimum Gasteiger partial charge on any atom is -0.313 e. The fourth-order valence-electron chi connectivity index (χ4n) is 2.63. The standard InChI is InChI=1S/C18H17ClN2/c1-20-17(12-13-7-9-15(19)10-8-13)16-6-2-4-14-5-3-11-21-18(14)16/h2-11,17,20H,12H2,1H3. The van der Waals surface area contributed by atoms with Crippen molar-refractivity contribution in [1.29, 1.82) is 0 Å². The molecule has 2 aromatic carbocycles. The summed E-state index contributed by atoms with van der Waals surface area (Å²) >= 11 is 5.95. The number of likely N-dealkylation sites (N-methyl/N-ethyl adjacent to an activating group) is 1. The molecule has 0 radical (unpaired) electrons. The van der Waals surface area contributed by atoms with Gasteiger partial charge in [-0.3, -0.25) is 4.98 Å². The number of nitrogens with zero attached hydrogens (tertiary/aromatic N) is 1. The van der Waals surface area contributed by atoms with Gasteiger partial charge in [-0.15, -0.1) is 0 Å². The lowest BCUT2D eigenvalue weighted by Gasteiger charge is -2.18. The van der Waals surface area contributed by atoms with Crippen LogP contribution in [0.25, 0.3) is 10.9 Å². The Bertz CT molecular complexity index is 732. The Hall–Kier alpha value is -1.90. The molecule has 0 aliphatic rings. The number of rotatable bonds is 4. The Morgan fingerprint density at radius 2 is 1.81 bits per heavy atom. The van der Waals surface area contributed by atoms with Gasteiger partial charge in [0.1, 0.15) is 0 Å². The normalized spacial score (nSPS) is 12.5. The van der Waals surface area contributed by atoms with Crippen molar-refractivity contribution in [3.8, 4) is 0 Å². The van der Waals surface area contributed by atoms with E-state index in [-0.39, 0.29) is 6.04 Å². The molecule has 1 heterocycles. The topological polar surface area (TPSA) is 24.9 Å². The lowest BCUT2D eigenvalue weighted by molar-refractivity contribution is 0.595. The first kappa shape index (κ1) is 14.1. The first-order chi connectivity index (χ1) is 10.3. The molecule has 1 N–H and O–H groups in total. The van der Waals surface area contributed by atoms with Gasteiger partial charge in [-0.2, -0.15) is 0 Å². The van der Waals surface area contributed by atoms with E-state index in [1.807, 2.05) is 31.4 Å². The van der Waals surface area contributed by atoms with Crippen molar-refractivity contribution < 1.29 is 0 Å². The number of para-hydroxylation sites is 1. The third-order valence-corrected chi connectivity index (χ3v) is 3.99. The molecule has 1 atom stereocenters. The summed E-state index contributed by atoms with van der Waals surface area (Å²) in [6, 6.07) is 18.6.